The highest BCUT2D eigenvalue weighted by Crippen LogP contribution is 1.99. The van der Waals surface area contributed by atoms with Crippen molar-refractivity contribution in [3.63, 3.8) is 0 Å². The summed E-state index contributed by atoms with van der Waals surface area (Å²) in [5.41, 5.74) is 0. The lowest BCUT2D eigenvalue weighted by Gasteiger charge is -2.01. The lowest BCUT2D eigenvalue weighted by atomic mass is 10.4. The Bertz CT molecular complexity index is 107. The molecule has 0 saturated carbocycles. The molecule has 0 saturated heterocycles. The molecule has 0 spiro atoms. The normalized spacial score (nSPS) is 13.8. The van der Waals surface area contributed by atoms with Gasteiger partial charge in [0.25, 0.3) is 6.43 Å². The van der Waals surface area contributed by atoms with Gasteiger partial charge in [-0.25, -0.2) is 8.78 Å². The van der Waals surface area contributed by atoms with E-state index in [1.807, 2.05) is 0 Å². The fourth-order valence-corrected chi connectivity index (χ4v) is 0.232. The SMILES string of the molecule is O=[N+]([O-])C[C@H](O)C(F)F. The second-order valence-electron chi connectivity index (χ2n) is 1.42. The van der Waals surface area contributed by atoms with Crippen molar-refractivity contribution in [1.29, 1.82) is 0 Å². The first-order valence-electron chi connectivity index (χ1n) is 2.12. The van der Waals surface area contributed by atoms with Crippen LogP contribution in [0.15, 0.2) is 0 Å². The Morgan fingerprint density at radius 1 is 1.67 bits per heavy atom. The molecule has 0 bridgehead atoms. The topological polar surface area (TPSA) is 63.4 Å². The Morgan fingerprint density at radius 2 is 2.11 bits per heavy atom. The van der Waals surface area contributed by atoms with Crippen molar-refractivity contribution < 1.29 is 18.8 Å². The predicted octanol–water partition coefficient (Wildman–Crippen LogP) is -0.111. The summed E-state index contributed by atoms with van der Waals surface area (Å²) in [7, 11) is 0. The van der Waals surface area contributed by atoms with Crippen LogP contribution in [-0.2, 0) is 0 Å². The van der Waals surface area contributed by atoms with E-state index in [1.165, 1.54) is 0 Å². The molecule has 0 rings (SSSR count). The summed E-state index contributed by atoms with van der Waals surface area (Å²) in [6.45, 7) is -1.10. The first-order valence-corrected chi connectivity index (χ1v) is 2.12. The van der Waals surface area contributed by atoms with E-state index >= 15 is 0 Å². The molecule has 0 radical (unpaired) electrons. The average molecular weight is 141 g/mol. The minimum absolute atomic E-state index is 0.989. The Balaban J connectivity index is 3.50. The molecule has 0 aromatic rings. The van der Waals surface area contributed by atoms with E-state index in [4.69, 9.17) is 5.11 Å². The highest BCUT2D eigenvalue weighted by Gasteiger charge is 2.21. The molecule has 0 unspecified atom stereocenters. The quantitative estimate of drug-likeness (QED) is 0.440. The second-order valence-corrected chi connectivity index (χ2v) is 1.42. The van der Waals surface area contributed by atoms with Crippen LogP contribution in [0.2, 0.25) is 0 Å². The van der Waals surface area contributed by atoms with Crippen LogP contribution in [0.1, 0.15) is 0 Å². The molecule has 0 aliphatic rings. The molecule has 0 aliphatic heterocycles. The van der Waals surface area contributed by atoms with Gasteiger partial charge in [-0.3, -0.25) is 10.1 Å². The van der Waals surface area contributed by atoms with Crippen molar-refractivity contribution in [2.75, 3.05) is 6.54 Å². The fourth-order valence-electron chi connectivity index (χ4n) is 0.232. The maximum Gasteiger partial charge on any atom is 0.270 e. The average Bonchev–Trinajstić information content (AvgIpc) is 1.63. The first kappa shape index (κ1) is 8.22. The lowest BCUT2D eigenvalue weighted by Crippen LogP contribution is -2.26. The Labute approximate surface area is 49.2 Å². The van der Waals surface area contributed by atoms with Crippen LogP contribution in [0.25, 0.3) is 0 Å². The molecule has 0 aliphatic carbocycles. The Morgan fingerprint density at radius 3 is 2.22 bits per heavy atom. The summed E-state index contributed by atoms with van der Waals surface area (Å²) in [4.78, 5) is 8.44. The predicted molar refractivity (Wildman–Crippen MR) is 23.9 cm³/mol. The van der Waals surface area contributed by atoms with Gasteiger partial charge in [-0.2, -0.15) is 0 Å². The summed E-state index contributed by atoms with van der Waals surface area (Å²) < 4.78 is 22.5. The molecule has 6 heteroatoms. The van der Waals surface area contributed by atoms with Gasteiger partial charge < -0.3 is 5.11 Å². The van der Waals surface area contributed by atoms with Crippen molar-refractivity contribution in [2.24, 2.45) is 0 Å². The van der Waals surface area contributed by atoms with Gasteiger partial charge in [-0.05, 0) is 0 Å². The van der Waals surface area contributed by atoms with E-state index in [0.717, 1.165) is 0 Å². The minimum atomic E-state index is -3.03. The number of alkyl halides is 2. The van der Waals surface area contributed by atoms with E-state index in [-0.39, 0.29) is 0 Å². The number of aliphatic hydroxyl groups is 1. The molecule has 4 nitrogen and oxygen atoms in total. The molecule has 0 aromatic heterocycles. The minimum Gasteiger partial charge on any atom is -0.381 e. The number of hydrogen-bond acceptors (Lipinski definition) is 3. The highest BCUT2D eigenvalue weighted by atomic mass is 19.3. The van der Waals surface area contributed by atoms with E-state index in [9.17, 15) is 18.9 Å². The molecular formula is C3H5F2NO3. The molecule has 1 atom stereocenters. The van der Waals surface area contributed by atoms with Gasteiger partial charge in [0.05, 0.1) is 0 Å². The third-order valence-corrected chi connectivity index (χ3v) is 0.627. The van der Waals surface area contributed by atoms with Gasteiger partial charge >= 0.3 is 0 Å². The lowest BCUT2D eigenvalue weighted by molar-refractivity contribution is -0.493. The maximum absolute atomic E-state index is 11.2. The van der Waals surface area contributed by atoms with Crippen molar-refractivity contribution in [1.82, 2.24) is 0 Å². The van der Waals surface area contributed by atoms with Gasteiger partial charge in [0.1, 0.15) is 0 Å². The van der Waals surface area contributed by atoms with Crippen molar-refractivity contribution in [2.45, 2.75) is 12.5 Å². The van der Waals surface area contributed by atoms with E-state index in [1.54, 1.807) is 0 Å². The standard InChI is InChI=1S/C3H5F2NO3/c4-3(5)2(7)1-6(8)9/h2-3,7H,1H2/t2-/m0/s1. The van der Waals surface area contributed by atoms with E-state index < -0.39 is 24.0 Å². The summed E-state index contributed by atoms with van der Waals surface area (Å²) in [5.74, 6) is 0. The second kappa shape index (κ2) is 3.29. The van der Waals surface area contributed by atoms with Crippen LogP contribution >= 0.6 is 0 Å². The molecule has 54 valence electrons. The van der Waals surface area contributed by atoms with Gasteiger partial charge in [-0.1, -0.05) is 0 Å². The summed E-state index contributed by atoms with van der Waals surface area (Å²) >= 11 is 0. The molecule has 0 amide bonds. The van der Waals surface area contributed by atoms with Gasteiger partial charge in [0.2, 0.25) is 6.54 Å². The van der Waals surface area contributed by atoms with Crippen LogP contribution in [0, 0.1) is 10.1 Å². The maximum atomic E-state index is 11.2. The van der Waals surface area contributed by atoms with Gasteiger partial charge in [0, 0.05) is 4.92 Å². The summed E-state index contributed by atoms with van der Waals surface area (Å²) in [5, 5.41) is 17.5. The Kier molecular flexibility index (Phi) is 3.00. The summed E-state index contributed by atoms with van der Waals surface area (Å²) in [6, 6.07) is 0. The van der Waals surface area contributed by atoms with Crippen LogP contribution in [0.3, 0.4) is 0 Å². The molecule has 0 fully saturated rings. The third-order valence-electron chi connectivity index (χ3n) is 0.627. The van der Waals surface area contributed by atoms with Crippen LogP contribution < -0.4 is 0 Å². The number of halogens is 2. The Hall–Kier alpha value is -0.780. The number of hydrogen-bond donors (Lipinski definition) is 1. The molecule has 1 N–H and O–H groups in total. The molecular weight excluding hydrogens is 136 g/mol. The van der Waals surface area contributed by atoms with Gasteiger partial charge in [-0.15, -0.1) is 0 Å². The number of rotatable bonds is 3. The monoisotopic (exact) mass is 141 g/mol. The van der Waals surface area contributed by atoms with Gasteiger partial charge in [0.15, 0.2) is 6.10 Å². The van der Waals surface area contributed by atoms with Crippen LogP contribution in [-0.4, -0.2) is 29.1 Å². The zero-order valence-corrected chi connectivity index (χ0v) is 4.33. The molecule has 0 aromatic carbocycles. The number of aliphatic hydroxyl groups excluding tert-OH is 1. The first-order chi connectivity index (χ1) is 4.04. The van der Waals surface area contributed by atoms with Crippen molar-refractivity contribution >= 4 is 0 Å². The molecule has 9 heavy (non-hydrogen) atoms. The van der Waals surface area contributed by atoms with Crippen molar-refractivity contribution in [3.05, 3.63) is 10.1 Å². The van der Waals surface area contributed by atoms with E-state index in [0.29, 0.717) is 0 Å². The fraction of sp³-hybridized carbons (Fsp3) is 1.00. The number of nitrogens with zero attached hydrogens (tertiary/aromatic N) is 1. The zero-order chi connectivity index (χ0) is 7.44. The summed E-state index contributed by atoms with van der Waals surface area (Å²) in [6.07, 6.45) is -5.17. The third kappa shape index (κ3) is 3.77. The smallest absolute Gasteiger partial charge is 0.270 e. The van der Waals surface area contributed by atoms with Crippen molar-refractivity contribution in [3.8, 4) is 0 Å². The molecule has 0 heterocycles. The number of nitro groups is 1. The highest BCUT2D eigenvalue weighted by molar-refractivity contribution is 4.53. The van der Waals surface area contributed by atoms with E-state index in [2.05, 4.69) is 0 Å². The zero-order valence-electron chi connectivity index (χ0n) is 4.33. The van der Waals surface area contributed by atoms with Crippen LogP contribution in [0.4, 0.5) is 8.78 Å². The van der Waals surface area contributed by atoms with Crippen LogP contribution in [0.5, 0.6) is 0 Å². The largest absolute Gasteiger partial charge is 0.381 e.